The van der Waals surface area contributed by atoms with Gasteiger partial charge < -0.3 is 9.80 Å². The van der Waals surface area contributed by atoms with E-state index in [1.54, 1.807) is 0 Å². The van der Waals surface area contributed by atoms with Gasteiger partial charge in [-0.1, -0.05) is 55.5 Å². The van der Waals surface area contributed by atoms with Gasteiger partial charge in [0.2, 0.25) is 5.91 Å². The summed E-state index contributed by atoms with van der Waals surface area (Å²) in [4.78, 5) is 17.1. The van der Waals surface area contributed by atoms with Crippen LogP contribution in [0.5, 0.6) is 0 Å². The minimum absolute atomic E-state index is 0.286. The van der Waals surface area contributed by atoms with Crippen LogP contribution in [0.4, 0.5) is 5.69 Å². The number of para-hydroxylation sites is 1. The molecule has 3 rings (SSSR count). The lowest BCUT2D eigenvalue weighted by Gasteiger charge is -2.39. The van der Waals surface area contributed by atoms with E-state index in [9.17, 15) is 4.79 Å². The number of benzene rings is 2. The van der Waals surface area contributed by atoms with Gasteiger partial charge in [-0.15, -0.1) is 0 Å². The topological polar surface area (TPSA) is 23.6 Å². The normalized spacial score (nSPS) is 15.2. The Morgan fingerprint density at radius 3 is 2.20 bits per heavy atom. The first-order valence-electron chi connectivity index (χ1n) is 9.41. The lowest BCUT2D eigenvalue weighted by Crippen LogP contribution is -2.48. The van der Waals surface area contributed by atoms with E-state index in [0.717, 1.165) is 38.9 Å². The first-order chi connectivity index (χ1) is 12.3. The summed E-state index contributed by atoms with van der Waals surface area (Å²) in [5.74, 6) is 0.286. The van der Waals surface area contributed by atoms with Crippen LogP contribution in [0.2, 0.25) is 0 Å². The minimum Gasteiger partial charge on any atom is -0.371 e. The highest BCUT2D eigenvalue weighted by Crippen LogP contribution is 2.23. The first kappa shape index (κ1) is 17.5. The van der Waals surface area contributed by atoms with Crippen molar-refractivity contribution in [3.8, 4) is 0 Å². The number of hydrogen-bond acceptors (Lipinski definition) is 2. The highest BCUT2D eigenvalue weighted by molar-refractivity contribution is 5.76. The van der Waals surface area contributed by atoms with E-state index in [4.69, 9.17) is 0 Å². The molecule has 0 unspecified atom stereocenters. The molecule has 0 bridgehead atoms. The summed E-state index contributed by atoms with van der Waals surface area (Å²) in [6.45, 7) is 4.84. The molecule has 0 saturated carbocycles. The van der Waals surface area contributed by atoms with Crippen molar-refractivity contribution in [1.82, 2.24) is 4.90 Å². The van der Waals surface area contributed by atoms with Gasteiger partial charge in [-0.2, -0.15) is 0 Å². The summed E-state index contributed by atoms with van der Waals surface area (Å²) in [5.41, 5.74) is 2.59. The van der Waals surface area contributed by atoms with Crippen LogP contribution in [0.25, 0.3) is 0 Å². The van der Waals surface area contributed by atoms with E-state index in [-0.39, 0.29) is 5.91 Å². The summed E-state index contributed by atoms with van der Waals surface area (Å²) >= 11 is 0. The van der Waals surface area contributed by atoms with Crippen LogP contribution in [-0.2, 0) is 11.2 Å². The average Bonchev–Trinajstić information content (AvgIpc) is 2.70. The molecule has 1 aliphatic heterocycles. The van der Waals surface area contributed by atoms with E-state index in [0.29, 0.717) is 12.5 Å². The maximum atomic E-state index is 12.5. The predicted molar refractivity (Wildman–Crippen MR) is 104 cm³/mol. The molecule has 1 aliphatic rings. The van der Waals surface area contributed by atoms with E-state index < -0.39 is 0 Å². The Kier molecular flexibility index (Phi) is 6.10. The number of nitrogens with zero attached hydrogens (tertiary/aromatic N) is 2. The van der Waals surface area contributed by atoms with Crippen molar-refractivity contribution in [2.24, 2.45) is 0 Å². The first-order valence-corrected chi connectivity index (χ1v) is 9.41. The SMILES string of the molecule is CCC(=O)N(CCc1ccccc1)C1CCN(c2ccccc2)CC1. The average molecular weight is 336 g/mol. The van der Waals surface area contributed by atoms with Gasteiger partial charge >= 0.3 is 0 Å². The molecule has 25 heavy (non-hydrogen) atoms. The number of carbonyl (C=O) groups is 1. The monoisotopic (exact) mass is 336 g/mol. The van der Waals surface area contributed by atoms with Crippen LogP contribution in [0.3, 0.4) is 0 Å². The second-order valence-corrected chi connectivity index (χ2v) is 6.73. The summed E-state index contributed by atoms with van der Waals surface area (Å²) in [6, 6.07) is 21.4. The molecule has 0 spiro atoms. The number of carbonyl (C=O) groups excluding carboxylic acids is 1. The second-order valence-electron chi connectivity index (χ2n) is 6.73. The molecule has 0 aliphatic carbocycles. The van der Waals surface area contributed by atoms with Gasteiger partial charge in [0, 0.05) is 37.8 Å². The van der Waals surface area contributed by atoms with Gasteiger partial charge in [0.05, 0.1) is 0 Å². The third-order valence-electron chi connectivity index (χ3n) is 5.13. The van der Waals surface area contributed by atoms with Crippen molar-refractivity contribution in [2.45, 2.75) is 38.6 Å². The van der Waals surface area contributed by atoms with Crippen LogP contribution < -0.4 is 4.90 Å². The Labute approximate surface area is 151 Å². The Morgan fingerprint density at radius 1 is 1.00 bits per heavy atom. The van der Waals surface area contributed by atoms with Gasteiger partial charge in [0.25, 0.3) is 0 Å². The van der Waals surface area contributed by atoms with Crippen molar-refractivity contribution in [3.63, 3.8) is 0 Å². The molecule has 0 atom stereocenters. The Bertz CT molecular complexity index is 648. The van der Waals surface area contributed by atoms with Crippen molar-refractivity contribution in [2.75, 3.05) is 24.5 Å². The van der Waals surface area contributed by atoms with Crippen molar-refractivity contribution >= 4 is 11.6 Å². The highest BCUT2D eigenvalue weighted by atomic mass is 16.2. The largest absolute Gasteiger partial charge is 0.371 e. The van der Waals surface area contributed by atoms with Gasteiger partial charge in [0.1, 0.15) is 0 Å². The Hall–Kier alpha value is -2.29. The highest BCUT2D eigenvalue weighted by Gasteiger charge is 2.27. The van der Waals surface area contributed by atoms with E-state index in [1.807, 2.05) is 13.0 Å². The van der Waals surface area contributed by atoms with Gasteiger partial charge in [-0.25, -0.2) is 0 Å². The summed E-state index contributed by atoms with van der Waals surface area (Å²) < 4.78 is 0. The summed E-state index contributed by atoms with van der Waals surface area (Å²) in [5, 5.41) is 0. The van der Waals surface area contributed by atoms with Crippen molar-refractivity contribution in [3.05, 3.63) is 66.2 Å². The fourth-order valence-electron chi connectivity index (χ4n) is 3.68. The summed E-state index contributed by atoms with van der Waals surface area (Å²) in [7, 11) is 0. The predicted octanol–water partition coefficient (Wildman–Crippen LogP) is 4.14. The third kappa shape index (κ3) is 4.62. The zero-order chi connectivity index (χ0) is 17.5. The molecular weight excluding hydrogens is 308 g/mol. The molecule has 1 heterocycles. The number of anilines is 1. The molecule has 132 valence electrons. The van der Waals surface area contributed by atoms with Gasteiger partial charge in [0.15, 0.2) is 0 Å². The molecule has 0 aromatic heterocycles. The fraction of sp³-hybridized carbons (Fsp3) is 0.409. The van der Waals surface area contributed by atoms with Crippen molar-refractivity contribution in [1.29, 1.82) is 0 Å². The summed E-state index contributed by atoms with van der Waals surface area (Å²) in [6.07, 6.45) is 3.63. The molecule has 2 aromatic carbocycles. The maximum absolute atomic E-state index is 12.5. The third-order valence-corrected chi connectivity index (χ3v) is 5.13. The standard InChI is InChI=1S/C22H28N2O/c1-2-22(25)24(18-13-19-9-5-3-6-10-19)21-14-16-23(17-15-21)20-11-7-4-8-12-20/h3-12,21H,2,13-18H2,1H3. The van der Waals surface area contributed by atoms with E-state index in [1.165, 1.54) is 11.3 Å². The van der Waals surface area contributed by atoms with E-state index in [2.05, 4.69) is 64.4 Å². The molecule has 3 nitrogen and oxygen atoms in total. The number of rotatable bonds is 6. The molecule has 1 fully saturated rings. The molecule has 3 heteroatoms. The van der Waals surface area contributed by atoms with Crippen LogP contribution in [0, 0.1) is 0 Å². The Balaban J connectivity index is 1.59. The fourth-order valence-corrected chi connectivity index (χ4v) is 3.68. The quantitative estimate of drug-likeness (QED) is 0.791. The molecule has 2 aromatic rings. The molecule has 1 amide bonds. The smallest absolute Gasteiger partial charge is 0.222 e. The zero-order valence-corrected chi connectivity index (χ0v) is 15.1. The molecule has 1 saturated heterocycles. The van der Waals surface area contributed by atoms with Gasteiger partial charge in [-0.05, 0) is 37.0 Å². The van der Waals surface area contributed by atoms with E-state index >= 15 is 0 Å². The number of amides is 1. The molecule has 0 radical (unpaired) electrons. The Morgan fingerprint density at radius 2 is 1.60 bits per heavy atom. The minimum atomic E-state index is 0.286. The number of piperidine rings is 1. The van der Waals surface area contributed by atoms with Crippen LogP contribution in [0.1, 0.15) is 31.7 Å². The van der Waals surface area contributed by atoms with Crippen LogP contribution in [0.15, 0.2) is 60.7 Å². The van der Waals surface area contributed by atoms with Crippen molar-refractivity contribution < 1.29 is 4.79 Å². The second kappa shape index (κ2) is 8.70. The molecule has 0 N–H and O–H groups in total. The zero-order valence-electron chi connectivity index (χ0n) is 15.1. The van der Waals surface area contributed by atoms with Crippen LogP contribution in [-0.4, -0.2) is 36.5 Å². The van der Waals surface area contributed by atoms with Crippen LogP contribution >= 0.6 is 0 Å². The lowest BCUT2D eigenvalue weighted by atomic mass is 10.0. The number of hydrogen-bond donors (Lipinski definition) is 0. The maximum Gasteiger partial charge on any atom is 0.222 e. The lowest BCUT2D eigenvalue weighted by molar-refractivity contribution is -0.133. The van der Waals surface area contributed by atoms with Gasteiger partial charge in [-0.3, -0.25) is 4.79 Å². The molecular formula is C22H28N2O.